The molecule has 0 radical (unpaired) electrons. The Morgan fingerprint density at radius 3 is 3.06 bits per heavy atom. The topological polar surface area (TPSA) is 66.5 Å². The standard InChI is InChI=1S/C9H12ClN5O/c1-6(4-16)14(2)8-3-7(10)13-9-11-5-12-15(8)9/h3,5-6,16H,4H2,1-2H3. The lowest BCUT2D eigenvalue weighted by Gasteiger charge is -2.25. The van der Waals surface area contributed by atoms with Crippen LogP contribution in [0.5, 0.6) is 0 Å². The van der Waals surface area contributed by atoms with Gasteiger partial charge in [0.25, 0.3) is 5.78 Å². The Bertz CT molecular complexity index is 500. The molecule has 1 N–H and O–H groups in total. The van der Waals surface area contributed by atoms with Crippen molar-refractivity contribution in [1.29, 1.82) is 0 Å². The third-order valence-electron chi connectivity index (χ3n) is 2.49. The van der Waals surface area contributed by atoms with Gasteiger partial charge in [0.05, 0.1) is 12.6 Å². The predicted octanol–water partition coefficient (Wildman–Crippen LogP) is 0.595. The van der Waals surface area contributed by atoms with Crippen LogP contribution in [0, 0.1) is 0 Å². The van der Waals surface area contributed by atoms with Crippen molar-refractivity contribution in [2.24, 2.45) is 0 Å². The van der Waals surface area contributed by atoms with E-state index < -0.39 is 0 Å². The van der Waals surface area contributed by atoms with Gasteiger partial charge in [-0.3, -0.25) is 0 Å². The van der Waals surface area contributed by atoms with Gasteiger partial charge in [-0.1, -0.05) is 11.6 Å². The van der Waals surface area contributed by atoms with E-state index in [-0.39, 0.29) is 12.6 Å². The summed E-state index contributed by atoms with van der Waals surface area (Å²) in [6, 6.07) is 1.65. The summed E-state index contributed by atoms with van der Waals surface area (Å²) in [4.78, 5) is 9.87. The largest absolute Gasteiger partial charge is 0.394 e. The lowest BCUT2D eigenvalue weighted by Crippen LogP contribution is -2.33. The molecule has 7 heteroatoms. The summed E-state index contributed by atoms with van der Waals surface area (Å²) < 4.78 is 1.58. The lowest BCUT2D eigenvalue weighted by atomic mass is 10.3. The first-order valence-corrected chi connectivity index (χ1v) is 5.21. The van der Waals surface area contributed by atoms with Crippen molar-refractivity contribution in [3.63, 3.8) is 0 Å². The van der Waals surface area contributed by atoms with Crippen molar-refractivity contribution in [3.8, 4) is 0 Å². The van der Waals surface area contributed by atoms with Gasteiger partial charge in [-0.25, -0.2) is 0 Å². The van der Waals surface area contributed by atoms with E-state index in [4.69, 9.17) is 16.7 Å². The number of hydrogen-bond acceptors (Lipinski definition) is 5. The molecule has 0 aliphatic carbocycles. The van der Waals surface area contributed by atoms with Crippen molar-refractivity contribution in [1.82, 2.24) is 19.6 Å². The molecule has 2 rings (SSSR count). The minimum absolute atomic E-state index is 0.0362. The molecule has 0 aliphatic rings. The first-order chi connectivity index (χ1) is 7.63. The van der Waals surface area contributed by atoms with Gasteiger partial charge < -0.3 is 10.0 Å². The third kappa shape index (κ3) is 1.81. The summed E-state index contributed by atoms with van der Waals surface area (Å²) in [5, 5.41) is 13.5. The Labute approximate surface area is 97.5 Å². The van der Waals surface area contributed by atoms with E-state index in [2.05, 4.69) is 15.1 Å². The van der Waals surface area contributed by atoms with Gasteiger partial charge in [-0.05, 0) is 6.92 Å². The maximum atomic E-state index is 9.12. The molecule has 0 saturated heterocycles. The van der Waals surface area contributed by atoms with Gasteiger partial charge in [0.15, 0.2) is 0 Å². The molecule has 16 heavy (non-hydrogen) atoms. The lowest BCUT2D eigenvalue weighted by molar-refractivity contribution is 0.269. The summed E-state index contributed by atoms with van der Waals surface area (Å²) in [7, 11) is 1.85. The minimum atomic E-state index is -0.0362. The zero-order valence-corrected chi connectivity index (χ0v) is 9.76. The van der Waals surface area contributed by atoms with Crippen LogP contribution in [0.25, 0.3) is 5.78 Å². The molecular formula is C9H12ClN5O. The first kappa shape index (κ1) is 11.1. The Hall–Kier alpha value is -1.40. The minimum Gasteiger partial charge on any atom is -0.394 e. The highest BCUT2D eigenvalue weighted by Gasteiger charge is 2.14. The summed E-state index contributed by atoms with van der Waals surface area (Å²) in [5.41, 5.74) is 0. The van der Waals surface area contributed by atoms with E-state index in [0.717, 1.165) is 5.82 Å². The normalized spacial score (nSPS) is 13.0. The maximum absolute atomic E-state index is 9.12. The quantitative estimate of drug-likeness (QED) is 0.797. The van der Waals surface area contributed by atoms with E-state index in [0.29, 0.717) is 10.9 Å². The van der Waals surface area contributed by atoms with Crippen molar-refractivity contribution >= 4 is 23.2 Å². The number of aliphatic hydroxyl groups is 1. The number of aliphatic hydroxyl groups excluding tert-OH is 1. The molecule has 2 aromatic rings. The molecular weight excluding hydrogens is 230 g/mol. The highest BCUT2D eigenvalue weighted by Crippen LogP contribution is 2.19. The molecule has 0 spiro atoms. The van der Waals surface area contributed by atoms with Crippen LogP contribution < -0.4 is 4.90 Å². The molecule has 86 valence electrons. The molecule has 1 unspecified atom stereocenters. The average molecular weight is 242 g/mol. The number of halogens is 1. The van der Waals surface area contributed by atoms with Crippen molar-refractivity contribution < 1.29 is 5.11 Å². The summed E-state index contributed by atoms with van der Waals surface area (Å²) in [6.07, 6.45) is 1.42. The highest BCUT2D eigenvalue weighted by atomic mass is 35.5. The van der Waals surface area contributed by atoms with Gasteiger partial charge in [0.2, 0.25) is 0 Å². The van der Waals surface area contributed by atoms with Crippen LogP contribution in [0.3, 0.4) is 0 Å². The predicted molar refractivity (Wildman–Crippen MR) is 60.7 cm³/mol. The Morgan fingerprint density at radius 2 is 2.38 bits per heavy atom. The number of rotatable bonds is 3. The van der Waals surface area contributed by atoms with Gasteiger partial charge >= 0.3 is 0 Å². The van der Waals surface area contributed by atoms with Crippen LogP contribution in [0.2, 0.25) is 5.15 Å². The van der Waals surface area contributed by atoms with Crippen molar-refractivity contribution in [3.05, 3.63) is 17.5 Å². The molecule has 2 heterocycles. The zero-order valence-electron chi connectivity index (χ0n) is 9.00. The maximum Gasteiger partial charge on any atom is 0.255 e. The summed E-state index contributed by atoms with van der Waals surface area (Å²) in [6.45, 7) is 1.95. The molecule has 0 aliphatic heterocycles. The SMILES string of the molecule is CC(CO)N(C)c1cc(Cl)nc2ncnn12. The molecule has 0 saturated carbocycles. The van der Waals surface area contributed by atoms with Gasteiger partial charge in [-0.2, -0.15) is 19.6 Å². The summed E-state index contributed by atoms with van der Waals surface area (Å²) in [5.74, 6) is 1.19. The number of likely N-dealkylation sites (N-methyl/N-ethyl adjacent to an activating group) is 1. The number of hydrogen-bond donors (Lipinski definition) is 1. The van der Waals surface area contributed by atoms with E-state index in [9.17, 15) is 0 Å². The fraction of sp³-hybridized carbons (Fsp3) is 0.444. The summed E-state index contributed by atoms with van der Waals surface area (Å²) >= 11 is 5.89. The van der Waals surface area contributed by atoms with E-state index in [1.165, 1.54) is 6.33 Å². The molecule has 0 fully saturated rings. The van der Waals surface area contributed by atoms with Gasteiger partial charge in [-0.15, -0.1) is 0 Å². The number of aromatic nitrogens is 4. The molecule has 0 aromatic carbocycles. The Morgan fingerprint density at radius 1 is 1.62 bits per heavy atom. The number of anilines is 1. The van der Waals surface area contributed by atoms with Crippen LogP contribution in [-0.4, -0.2) is 44.4 Å². The van der Waals surface area contributed by atoms with E-state index >= 15 is 0 Å². The monoisotopic (exact) mass is 241 g/mol. The second-order valence-electron chi connectivity index (χ2n) is 3.55. The smallest absolute Gasteiger partial charge is 0.255 e. The average Bonchev–Trinajstić information content (AvgIpc) is 2.73. The van der Waals surface area contributed by atoms with E-state index in [1.54, 1.807) is 10.6 Å². The Balaban J connectivity index is 2.53. The van der Waals surface area contributed by atoms with Crippen LogP contribution in [0.1, 0.15) is 6.92 Å². The van der Waals surface area contributed by atoms with Crippen molar-refractivity contribution in [2.45, 2.75) is 13.0 Å². The van der Waals surface area contributed by atoms with Crippen LogP contribution in [0.4, 0.5) is 5.82 Å². The molecule has 2 aromatic heterocycles. The van der Waals surface area contributed by atoms with Gasteiger partial charge in [0, 0.05) is 13.1 Å². The third-order valence-corrected chi connectivity index (χ3v) is 2.68. The molecule has 6 nitrogen and oxygen atoms in total. The highest BCUT2D eigenvalue weighted by molar-refractivity contribution is 6.29. The van der Waals surface area contributed by atoms with Crippen LogP contribution in [-0.2, 0) is 0 Å². The number of fused-ring (bicyclic) bond motifs is 1. The molecule has 1 atom stereocenters. The second kappa shape index (κ2) is 4.23. The molecule has 0 bridgehead atoms. The van der Waals surface area contributed by atoms with Crippen LogP contribution >= 0.6 is 11.6 Å². The zero-order chi connectivity index (χ0) is 11.7. The van der Waals surface area contributed by atoms with Crippen molar-refractivity contribution in [2.75, 3.05) is 18.6 Å². The number of nitrogens with zero attached hydrogens (tertiary/aromatic N) is 5. The van der Waals surface area contributed by atoms with Crippen LogP contribution in [0.15, 0.2) is 12.4 Å². The fourth-order valence-corrected chi connectivity index (χ4v) is 1.54. The molecule has 0 amide bonds. The van der Waals surface area contributed by atoms with Gasteiger partial charge in [0.1, 0.15) is 17.3 Å². The Kier molecular flexibility index (Phi) is 2.93. The fourth-order valence-electron chi connectivity index (χ4n) is 1.37. The van der Waals surface area contributed by atoms with E-state index in [1.807, 2.05) is 18.9 Å². The second-order valence-corrected chi connectivity index (χ2v) is 3.94. The first-order valence-electron chi connectivity index (χ1n) is 4.83.